The number of carbonyl (C=O) groups excluding carboxylic acids is 3. The van der Waals surface area contributed by atoms with Gasteiger partial charge in [0.05, 0.1) is 6.54 Å². The fraction of sp³-hybridized carbons (Fsp3) is 0.643. The van der Waals surface area contributed by atoms with Crippen molar-refractivity contribution in [1.29, 1.82) is 0 Å². The summed E-state index contributed by atoms with van der Waals surface area (Å²) < 4.78 is 0. The lowest BCUT2D eigenvalue weighted by atomic mass is 9.91. The van der Waals surface area contributed by atoms with E-state index in [0.29, 0.717) is 25.8 Å². The highest BCUT2D eigenvalue weighted by molar-refractivity contribution is 5.89. The predicted octanol–water partition coefficient (Wildman–Crippen LogP) is 1.74. The average molecular weight is 251 g/mol. The van der Waals surface area contributed by atoms with Crippen molar-refractivity contribution in [3.63, 3.8) is 0 Å². The van der Waals surface area contributed by atoms with Crippen LogP contribution in [0.25, 0.3) is 0 Å². The molecule has 0 bridgehead atoms. The molecule has 4 nitrogen and oxygen atoms in total. The Kier molecular flexibility index (Phi) is 5.75. The molecular formula is C14H21NO3. The van der Waals surface area contributed by atoms with E-state index in [1.807, 2.05) is 0 Å². The van der Waals surface area contributed by atoms with Crippen LogP contribution in [0.2, 0.25) is 0 Å². The molecule has 0 saturated carbocycles. The highest BCUT2D eigenvalue weighted by atomic mass is 16.2. The first-order chi connectivity index (χ1) is 8.54. The van der Waals surface area contributed by atoms with Gasteiger partial charge in [-0.15, -0.1) is 6.58 Å². The Balaban J connectivity index is 2.50. The van der Waals surface area contributed by atoms with Gasteiger partial charge in [-0.25, -0.2) is 0 Å². The lowest BCUT2D eigenvalue weighted by Crippen LogP contribution is -2.44. The van der Waals surface area contributed by atoms with Gasteiger partial charge in [0.2, 0.25) is 5.91 Å². The summed E-state index contributed by atoms with van der Waals surface area (Å²) in [5, 5.41) is 0. The molecule has 1 saturated heterocycles. The van der Waals surface area contributed by atoms with Gasteiger partial charge < -0.3 is 4.90 Å². The Bertz CT molecular complexity index is 349. The molecule has 100 valence electrons. The lowest BCUT2D eigenvalue weighted by Gasteiger charge is -2.31. The summed E-state index contributed by atoms with van der Waals surface area (Å²) in [4.78, 5) is 36.4. The van der Waals surface area contributed by atoms with Crippen LogP contribution in [0.1, 0.15) is 39.0 Å². The number of hydrogen-bond acceptors (Lipinski definition) is 3. The van der Waals surface area contributed by atoms with Crippen LogP contribution in [-0.2, 0) is 14.4 Å². The van der Waals surface area contributed by atoms with E-state index in [4.69, 9.17) is 0 Å². The SMILES string of the molecule is C=CCCC(=O)C[C@H]1CCCN(CC(C)=O)C1=O. The van der Waals surface area contributed by atoms with Crippen LogP contribution in [0.4, 0.5) is 0 Å². The van der Waals surface area contributed by atoms with Gasteiger partial charge in [0, 0.05) is 25.3 Å². The van der Waals surface area contributed by atoms with Gasteiger partial charge >= 0.3 is 0 Å². The molecule has 1 heterocycles. The summed E-state index contributed by atoms with van der Waals surface area (Å²) >= 11 is 0. The number of likely N-dealkylation sites (tertiary alicyclic amines) is 1. The van der Waals surface area contributed by atoms with Crippen molar-refractivity contribution in [2.45, 2.75) is 39.0 Å². The van der Waals surface area contributed by atoms with E-state index in [2.05, 4.69) is 6.58 Å². The van der Waals surface area contributed by atoms with Crippen LogP contribution in [-0.4, -0.2) is 35.5 Å². The Morgan fingerprint density at radius 2 is 2.22 bits per heavy atom. The van der Waals surface area contributed by atoms with E-state index in [1.54, 1.807) is 11.0 Å². The molecule has 0 aromatic rings. The van der Waals surface area contributed by atoms with Crippen LogP contribution in [0.15, 0.2) is 12.7 Å². The third-order valence-electron chi connectivity index (χ3n) is 3.16. The standard InChI is InChI=1S/C14H21NO3/c1-3-4-7-13(17)9-12-6-5-8-15(14(12)18)10-11(2)16/h3,12H,1,4-10H2,2H3/t12-/m1/s1. The minimum Gasteiger partial charge on any atom is -0.335 e. The van der Waals surface area contributed by atoms with Crippen LogP contribution in [0.5, 0.6) is 0 Å². The van der Waals surface area contributed by atoms with Gasteiger partial charge in [0.25, 0.3) is 0 Å². The molecule has 0 aromatic carbocycles. The second kappa shape index (κ2) is 7.09. The normalized spacial score (nSPS) is 19.7. The number of hydrogen-bond donors (Lipinski definition) is 0. The van der Waals surface area contributed by atoms with Crippen LogP contribution in [0, 0.1) is 5.92 Å². The molecular weight excluding hydrogens is 230 g/mol. The van der Waals surface area contributed by atoms with E-state index < -0.39 is 0 Å². The molecule has 0 unspecified atom stereocenters. The molecule has 0 N–H and O–H groups in total. The monoisotopic (exact) mass is 251 g/mol. The second-order valence-corrected chi connectivity index (χ2v) is 4.87. The largest absolute Gasteiger partial charge is 0.335 e. The van der Waals surface area contributed by atoms with Crippen LogP contribution >= 0.6 is 0 Å². The Labute approximate surface area is 108 Å². The number of Topliss-reactive ketones (excluding diaryl/α,β-unsaturated/α-hetero) is 2. The number of nitrogens with zero attached hydrogens (tertiary/aromatic N) is 1. The lowest BCUT2D eigenvalue weighted by molar-refractivity contribution is -0.143. The van der Waals surface area contributed by atoms with Crippen molar-refractivity contribution >= 4 is 17.5 Å². The molecule has 1 fully saturated rings. The highest BCUT2D eigenvalue weighted by Crippen LogP contribution is 2.22. The first kappa shape index (κ1) is 14.6. The first-order valence-electron chi connectivity index (χ1n) is 6.45. The second-order valence-electron chi connectivity index (χ2n) is 4.87. The molecule has 0 aliphatic carbocycles. The number of amides is 1. The van der Waals surface area contributed by atoms with E-state index in [1.165, 1.54) is 6.92 Å². The zero-order valence-electron chi connectivity index (χ0n) is 11.0. The van der Waals surface area contributed by atoms with Crippen LogP contribution < -0.4 is 0 Å². The topological polar surface area (TPSA) is 54.5 Å². The molecule has 0 spiro atoms. The maximum Gasteiger partial charge on any atom is 0.226 e. The van der Waals surface area contributed by atoms with Crippen LogP contribution in [0.3, 0.4) is 0 Å². The van der Waals surface area contributed by atoms with Crippen molar-refractivity contribution < 1.29 is 14.4 Å². The zero-order chi connectivity index (χ0) is 13.5. The fourth-order valence-corrected chi connectivity index (χ4v) is 2.28. The number of carbonyl (C=O) groups is 3. The van der Waals surface area contributed by atoms with Gasteiger partial charge in [-0.1, -0.05) is 6.08 Å². The molecule has 4 heteroatoms. The average Bonchev–Trinajstić information content (AvgIpc) is 2.31. The van der Waals surface area contributed by atoms with Gasteiger partial charge in [-0.3, -0.25) is 14.4 Å². The van der Waals surface area contributed by atoms with Gasteiger partial charge in [0.1, 0.15) is 11.6 Å². The molecule has 18 heavy (non-hydrogen) atoms. The summed E-state index contributed by atoms with van der Waals surface area (Å²) in [6, 6.07) is 0. The molecule has 1 atom stereocenters. The Morgan fingerprint density at radius 1 is 1.50 bits per heavy atom. The molecule has 1 aliphatic heterocycles. The predicted molar refractivity (Wildman–Crippen MR) is 69.0 cm³/mol. The molecule has 0 radical (unpaired) electrons. The van der Waals surface area contributed by atoms with E-state index in [-0.39, 0.29) is 29.9 Å². The zero-order valence-corrected chi connectivity index (χ0v) is 11.0. The Hall–Kier alpha value is -1.45. The summed E-state index contributed by atoms with van der Waals surface area (Å²) in [6.45, 7) is 5.86. The minimum atomic E-state index is -0.226. The number of rotatable bonds is 7. The molecule has 0 aromatic heterocycles. The van der Waals surface area contributed by atoms with Gasteiger partial charge in [0.15, 0.2) is 0 Å². The summed E-state index contributed by atoms with van der Waals surface area (Å²) in [5.41, 5.74) is 0. The third-order valence-corrected chi connectivity index (χ3v) is 3.16. The third kappa shape index (κ3) is 4.43. The van der Waals surface area contributed by atoms with Crippen molar-refractivity contribution in [2.75, 3.05) is 13.1 Å². The van der Waals surface area contributed by atoms with Gasteiger partial charge in [-0.05, 0) is 26.2 Å². The molecule has 1 aliphatic rings. The smallest absolute Gasteiger partial charge is 0.226 e. The highest BCUT2D eigenvalue weighted by Gasteiger charge is 2.30. The quantitative estimate of drug-likeness (QED) is 0.648. The van der Waals surface area contributed by atoms with Crippen molar-refractivity contribution in [3.05, 3.63) is 12.7 Å². The first-order valence-corrected chi connectivity index (χ1v) is 6.45. The maximum absolute atomic E-state index is 12.1. The maximum atomic E-state index is 12.1. The van der Waals surface area contributed by atoms with Crippen molar-refractivity contribution in [2.24, 2.45) is 5.92 Å². The van der Waals surface area contributed by atoms with E-state index in [9.17, 15) is 14.4 Å². The minimum absolute atomic E-state index is 0.0121. The van der Waals surface area contributed by atoms with E-state index >= 15 is 0 Å². The molecule has 1 amide bonds. The number of ketones is 2. The number of allylic oxidation sites excluding steroid dienone is 1. The summed E-state index contributed by atoms with van der Waals surface area (Å²) in [5.74, 6) is -0.168. The van der Waals surface area contributed by atoms with Crippen molar-refractivity contribution in [3.8, 4) is 0 Å². The number of piperidine rings is 1. The van der Waals surface area contributed by atoms with Gasteiger partial charge in [-0.2, -0.15) is 0 Å². The Morgan fingerprint density at radius 3 is 2.83 bits per heavy atom. The fourth-order valence-electron chi connectivity index (χ4n) is 2.28. The van der Waals surface area contributed by atoms with E-state index in [0.717, 1.165) is 12.8 Å². The van der Waals surface area contributed by atoms with Crippen molar-refractivity contribution in [1.82, 2.24) is 4.90 Å². The molecule has 1 rings (SSSR count). The summed E-state index contributed by atoms with van der Waals surface area (Å²) in [6.07, 6.45) is 4.77. The summed E-state index contributed by atoms with van der Waals surface area (Å²) in [7, 11) is 0.